The van der Waals surface area contributed by atoms with Crippen LogP contribution in [0.1, 0.15) is 78.3 Å². The Balaban J connectivity index is 0.905. The van der Waals surface area contributed by atoms with Crippen LogP contribution in [0.2, 0.25) is 0 Å². The van der Waals surface area contributed by atoms with Crippen molar-refractivity contribution >= 4 is 11.8 Å². The number of aromatic hydroxyl groups is 1. The van der Waals surface area contributed by atoms with Gasteiger partial charge in [0, 0.05) is 24.5 Å². The average molecular weight is 689 g/mol. The summed E-state index contributed by atoms with van der Waals surface area (Å²) in [5, 5.41) is 14.9. The van der Waals surface area contributed by atoms with E-state index >= 15 is 0 Å². The number of carbonyl (C=O) groups excluding carboxylic acids is 2. The topological polar surface area (TPSA) is 124 Å². The van der Waals surface area contributed by atoms with E-state index in [-0.39, 0.29) is 42.0 Å². The second-order valence-corrected chi connectivity index (χ2v) is 12.9. The van der Waals surface area contributed by atoms with Crippen LogP contribution in [0, 0.1) is 5.82 Å². The summed E-state index contributed by atoms with van der Waals surface area (Å²) in [6.07, 6.45) is 7.88. The highest BCUT2D eigenvalue weighted by molar-refractivity contribution is 6.09. The maximum absolute atomic E-state index is 13.7. The Morgan fingerprint density at radius 1 is 0.784 bits per heavy atom. The number of fused-ring (bicyclic) bond motifs is 1. The third-order valence-electron chi connectivity index (χ3n) is 9.46. The summed E-state index contributed by atoms with van der Waals surface area (Å²) in [7, 11) is 0. The number of amides is 2. The Morgan fingerprint density at radius 2 is 1.53 bits per heavy atom. The van der Waals surface area contributed by atoms with Crippen LogP contribution in [0.15, 0.2) is 102 Å². The van der Waals surface area contributed by atoms with Crippen molar-refractivity contribution in [2.24, 2.45) is 0 Å². The largest absolute Gasteiger partial charge is 0.508 e. The standard InChI is InChI=1S/C40H37FN4O6/c41-29-12-7-26(8-13-29)35-19-11-28-22-31(46)15-20-36(28)40(35)27-9-16-32(17-10-27)50-21-2-1-4-30-14-18-33(24-42-30)51-34-23-39(49)45(43-25-34)44-37(47)5-3-6-38(44)48/h7-10,12-18,20,22-25,35,40,46H,1-6,11,19,21H2/t35-,40+/m1/s1. The van der Waals surface area contributed by atoms with Gasteiger partial charge < -0.3 is 14.6 Å². The molecule has 1 N–H and O–H groups in total. The van der Waals surface area contributed by atoms with Gasteiger partial charge in [-0.05, 0) is 115 Å². The van der Waals surface area contributed by atoms with Gasteiger partial charge >= 0.3 is 0 Å². The third-order valence-corrected chi connectivity index (χ3v) is 9.46. The van der Waals surface area contributed by atoms with Crippen molar-refractivity contribution in [3.63, 3.8) is 0 Å². The highest BCUT2D eigenvalue weighted by Crippen LogP contribution is 2.47. The minimum absolute atomic E-state index is 0.0712. The predicted octanol–water partition coefficient (Wildman–Crippen LogP) is 6.71. The number of phenols is 1. The van der Waals surface area contributed by atoms with Crippen LogP contribution in [0.25, 0.3) is 0 Å². The number of hydrogen-bond acceptors (Lipinski definition) is 8. The average Bonchev–Trinajstić information content (AvgIpc) is 3.13. The van der Waals surface area contributed by atoms with Gasteiger partial charge in [-0.3, -0.25) is 19.4 Å². The number of hydrogen-bond donors (Lipinski definition) is 1. The summed E-state index contributed by atoms with van der Waals surface area (Å²) in [4.78, 5) is 42.1. The van der Waals surface area contributed by atoms with Crippen LogP contribution in [0.4, 0.5) is 4.39 Å². The lowest BCUT2D eigenvalue weighted by Gasteiger charge is -2.35. The number of piperidine rings is 1. The van der Waals surface area contributed by atoms with E-state index in [0.29, 0.717) is 18.8 Å². The van der Waals surface area contributed by atoms with Gasteiger partial charge in [0.25, 0.3) is 5.56 Å². The van der Waals surface area contributed by atoms with Crippen molar-refractivity contribution in [1.82, 2.24) is 14.9 Å². The van der Waals surface area contributed by atoms with Gasteiger partial charge in [-0.25, -0.2) is 4.39 Å². The second-order valence-electron chi connectivity index (χ2n) is 12.9. The third kappa shape index (κ3) is 7.67. The first-order valence-corrected chi connectivity index (χ1v) is 17.2. The number of unbranched alkanes of at least 4 members (excludes halogenated alkanes) is 1. The summed E-state index contributed by atoms with van der Waals surface area (Å²) in [6.45, 7) is 0.553. The number of nitrogens with zero attached hydrogens (tertiary/aromatic N) is 4. The van der Waals surface area contributed by atoms with E-state index in [0.717, 1.165) is 70.0 Å². The smallest absolute Gasteiger partial charge is 0.290 e. The highest BCUT2D eigenvalue weighted by atomic mass is 19.1. The van der Waals surface area contributed by atoms with Crippen molar-refractivity contribution in [3.8, 4) is 23.0 Å². The number of aryl methyl sites for hydroxylation is 2. The molecule has 0 unspecified atom stereocenters. The van der Waals surface area contributed by atoms with Gasteiger partial charge in [0.05, 0.1) is 25.1 Å². The number of carbonyl (C=O) groups is 2. The molecule has 1 saturated heterocycles. The molecule has 0 bridgehead atoms. The van der Waals surface area contributed by atoms with Gasteiger partial charge in [-0.1, -0.05) is 30.3 Å². The van der Waals surface area contributed by atoms with Crippen molar-refractivity contribution in [1.29, 1.82) is 0 Å². The first kappa shape index (κ1) is 33.6. The van der Waals surface area contributed by atoms with Crippen LogP contribution in [0.3, 0.4) is 0 Å². The molecule has 1 aliphatic heterocycles. The van der Waals surface area contributed by atoms with Gasteiger partial charge in [-0.15, -0.1) is 4.79 Å². The van der Waals surface area contributed by atoms with Crippen molar-refractivity contribution < 1.29 is 28.6 Å². The molecule has 10 nitrogen and oxygen atoms in total. The summed E-state index contributed by atoms with van der Waals surface area (Å²) in [5.74, 6) is 0.736. The van der Waals surface area contributed by atoms with E-state index in [4.69, 9.17) is 9.47 Å². The molecular formula is C40H37FN4O6. The van der Waals surface area contributed by atoms with E-state index < -0.39 is 17.4 Å². The van der Waals surface area contributed by atoms with Crippen molar-refractivity contribution in [2.45, 2.75) is 63.2 Å². The summed E-state index contributed by atoms with van der Waals surface area (Å²) in [5.41, 5.74) is 4.81. The van der Waals surface area contributed by atoms with Crippen LogP contribution in [0.5, 0.6) is 23.0 Å². The number of imide groups is 1. The van der Waals surface area contributed by atoms with Crippen molar-refractivity contribution in [2.75, 3.05) is 11.6 Å². The van der Waals surface area contributed by atoms with Crippen LogP contribution >= 0.6 is 0 Å². The molecule has 51 heavy (non-hydrogen) atoms. The fraction of sp³-hybridized carbons (Fsp3) is 0.275. The zero-order chi connectivity index (χ0) is 35.3. The zero-order valence-corrected chi connectivity index (χ0v) is 27.9. The van der Waals surface area contributed by atoms with Gasteiger partial charge in [0.1, 0.15) is 23.1 Å². The molecule has 0 saturated carbocycles. The van der Waals surface area contributed by atoms with Gasteiger partial charge in [0.15, 0.2) is 5.75 Å². The summed E-state index contributed by atoms with van der Waals surface area (Å²) >= 11 is 0. The van der Waals surface area contributed by atoms with Crippen LogP contribution < -0.4 is 20.0 Å². The fourth-order valence-electron chi connectivity index (χ4n) is 6.96. The molecule has 2 aromatic heterocycles. The Labute approximate surface area is 294 Å². The number of benzene rings is 3. The highest BCUT2D eigenvalue weighted by Gasteiger charge is 2.32. The lowest BCUT2D eigenvalue weighted by molar-refractivity contribution is -0.132. The number of phenolic OH excluding ortho intramolecular Hbond substituents is 1. The maximum atomic E-state index is 13.7. The molecular weight excluding hydrogens is 651 g/mol. The minimum atomic E-state index is -0.647. The second kappa shape index (κ2) is 15.0. The quantitative estimate of drug-likeness (QED) is 0.120. The van der Waals surface area contributed by atoms with E-state index in [1.54, 1.807) is 18.3 Å². The molecule has 2 amide bonds. The molecule has 11 heteroatoms. The summed E-state index contributed by atoms with van der Waals surface area (Å²) < 4.78 is 25.5. The van der Waals surface area contributed by atoms with Crippen molar-refractivity contribution in [3.05, 3.63) is 141 Å². The monoisotopic (exact) mass is 688 g/mol. The Kier molecular flexibility index (Phi) is 9.87. The maximum Gasteiger partial charge on any atom is 0.290 e. The Hall–Kier alpha value is -5.84. The van der Waals surface area contributed by atoms with E-state index in [9.17, 15) is 23.9 Å². The normalized spacial score (nSPS) is 17.2. The number of halogens is 1. The molecule has 1 aliphatic carbocycles. The zero-order valence-electron chi connectivity index (χ0n) is 27.9. The lowest BCUT2D eigenvalue weighted by atomic mass is 9.69. The molecule has 5 aromatic rings. The summed E-state index contributed by atoms with van der Waals surface area (Å²) in [6, 6.07) is 25.4. The number of aromatic nitrogens is 3. The molecule has 260 valence electrons. The van der Waals surface area contributed by atoms with Crippen LogP contribution in [-0.2, 0) is 22.4 Å². The fourth-order valence-corrected chi connectivity index (χ4v) is 6.96. The Morgan fingerprint density at radius 3 is 2.25 bits per heavy atom. The molecule has 3 heterocycles. The minimum Gasteiger partial charge on any atom is -0.508 e. The molecule has 2 aliphatic rings. The number of pyridine rings is 1. The SMILES string of the molecule is O=C1CCCC(=O)N1n1ncc(Oc2ccc(CCCCOc3ccc([C@@H]4c5ccc(O)cc5CC[C@@H]4c4ccc(F)cc4)cc3)nc2)cc1=O. The molecule has 7 rings (SSSR count). The molecule has 3 aromatic carbocycles. The molecule has 0 spiro atoms. The number of rotatable bonds is 11. The Bertz CT molecular complexity index is 2070. The van der Waals surface area contributed by atoms with E-state index in [1.165, 1.54) is 30.0 Å². The van der Waals surface area contributed by atoms with E-state index in [1.807, 2.05) is 42.5 Å². The van der Waals surface area contributed by atoms with Gasteiger partial charge in [-0.2, -0.15) is 10.1 Å². The molecule has 1 fully saturated rings. The first-order chi connectivity index (χ1) is 24.8. The van der Waals surface area contributed by atoms with Crippen LogP contribution in [-0.4, -0.2) is 38.4 Å². The van der Waals surface area contributed by atoms with Gasteiger partial charge in [0.2, 0.25) is 11.8 Å². The first-order valence-electron chi connectivity index (χ1n) is 17.2. The predicted molar refractivity (Wildman–Crippen MR) is 187 cm³/mol. The van der Waals surface area contributed by atoms with E-state index in [2.05, 4.69) is 22.2 Å². The lowest BCUT2D eigenvalue weighted by Crippen LogP contribution is -2.53. The molecule has 0 radical (unpaired) electrons. The molecule has 2 atom stereocenters. The number of ether oxygens (including phenoxy) is 2.